The van der Waals surface area contributed by atoms with Gasteiger partial charge in [0.05, 0.1) is 17.6 Å². The van der Waals surface area contributed by atoms with E-state index in [1.165, 1.54) is 12.1 Å². The zero-order valence-electron chi connectivity index (χ0n) is 9.88. The van der Waals surface area contributed by atoms with E-state index in [0.29, 0.717) is 12.4 Å². The van der Waals surface area contributed by atoms with Crippen molar-refractivity contribution in [2.24, 2.45) is 0 Å². The smallest absolute Gasteiger partial charge is 0.194 e. The van der Waals surface area contributed by atoms with E-state index in [1.807, 2.05) is 13.0 Å². The fourth-order valence-electron chi connectivity index (χ4n) is 1.44. The molecule has 0 aliphatic carbocycles. The predicted molar refractivity (Wildman–Crippen MR) is 64.5 cm³/mol. The zero-order chi connectivity index (χ0) is 12.9. The highest BCUT2D eigenvalue weighted by atomic mass is 32.2. The van der Waals surface area contributed by atoms with Crippen LogP contribution in [0.4, 0.5) is 0 Å². The number of nitrogens with zero attached hydrogens (tertiary/aromatic N) is 1. The molecule has 1 aromatic carbocycles. The maximum Gasteiger partial charge on any atom is 0.194 e. The van der Waals surface area contributed by atoms with Gasteiger partial charge in [0, 0.05) is 0 Å². The van der Waals surface area contributed by atoms with Gasteiger partial charge in [-0.05, 0) is 37.6 Å². The minimum absolute atomic E-state index is 0.161. The lowest BCUT2D eigenvalue weighted by Crippen LogP contribution is -2.18. The first-order chi connectivity index (χ1) is 8.06. The largest absolute Gasteiger partial charge is 0.494 e. The summed E-state index contributed by atoms with van der Waals surface area (Å²) in [7, 11) is -3.55. The van der Waals surface area contributed by atoms with E-state index < -0.39 is 15.1 Å². The third-order valence-electron chi connectivity index (χ3n) is 2.35. The van der Waals surface area contributed by atoms with E-state index in [0.717, 1.165) is 0 Å². The van der Waals surface area contributed by atoms with E-state index in [4.69, 9.17) is 10.00 Å². The number of ether oxygens (including phenoxy) is 1. The van der Waals surface area contributed by atoms with Crippen LogP contribution in [0.15, 0.2) is 29.2 Å². The summed E-state index contributed by atoms with van der Waals surface area (Å²) in [5.41, 5.74) is 0. The molecule has 1 rings (SSSR count). The highest BCUT2D eigenvalue weighted by Gasteiger charge is 2.25. The molecule has 0 fully saturated rings. The van der Waals surface area contributed by atoms with Crippen molar-refractivity contribution >= 4 is 9.84 Å². The first kappa shape index (κ1) is 13.5. The van der Waals surface area contributed by atoms with Gasteiger partial charge in [-0.3, -0.25) is 0 Å². The predicted octanol–water partition coefficient (Wildman–Crippen LogP) is 2.16. The fourth-order valence-corrected chi connectivity index (χ4v) is 2.86. The Bertz CT molecular complexity index is 500. The van der Waals surface area contributed by atoms with Crippen molar-refractivity contribution in [3.63, 3.8) is 0 Å². The molecule has 0 aromatic heterocycles. The lowest BCUT2D eigenvalue weighted by molar-refractivity contribution is 0.340. The van der Waals surface area contributed by atoms with Gasteiger partial charge < -0.3 is 4.74 Å². The fraction of sp³-hybridized carbons (Fsp3) is 0.417. The Balaban J connectivity index is 3.05. The summed E-state index contributed by atoms with van der Waals surface area (Å²) < 4.78 is 29.2. The molecule has 1 unspecified atom stereocenters. The molecule has 0 heterocycles. The Kier molecular flexibility index (Phi) is 4.53. The van der Waals surface area contributed by atoms with Gasteiger partial charge in [-0.2, -0.15) is 5.26 Å². The molecule has 4 nitrogen and oxygen atoms in total. The first-order valence-electron chi connectivity index (χ1n) is 5.42. The molecule has 0 amide bonds. The van der Waals surface area contributed by atoms with Gasteiger partial charge in [-0.25, -0.2) is 8.42 Å². The Hall–Kier alpha value is -1.54. The summed E-state index contributed by atoms with van der Waals surface area (Å²) >= 11 is 0. The van der Waals surface area contributed by atoms with Crippen LogP contribution in [0.5, 0.6) is 5.75 Å². The molecule has 92 valence electrons. The van der Waals surface area contributed by atoms with Gasteiger partial charge in [0.15, 0.2) is 15.1 Å². The van der Waals surface area contributed by atoms with E-state index in [-0.39, 0.29) is 11.3 Å². The normalized spacial score (nSPS) is 12.8. The zero-order valence-corrected chi connectivity index (χ0v) is 10.7. The number of benzene rings is 1. The number of nitriles is 1. The second-order valence-electron chi connectivity index (χ2n) is 3.48. The van der Waals surface area contributed by atoms with Gasteiger partial charge >= 0.3 is 0 Å². The van der Waals surface area contributed by atoms with Crippen LogP contribution in [0.25, 0.3) is 0 Å². The molecule has 5 heteroatoms. The summed E-state index contributed by atoms with van der Waals surface area (Å²) in [5.74, 6) is 0.622. The topological polar surface area (TPSA) is 67.2 Å². The van der Waals surface area contributed by atoms with Crippen LogP contribution in [0, 0.1) is 11.3 Å². The van der Waals surface area contributed by atoms with Crippen LogP contribution < -0.4 is 4.74 Å². The maximum atomic E-state index is 12.0. The van der Waals surface area contributed by atoms with E-state index >= 15 is 0 Å². The summed E-state index contributed by atoms with van der Waals surface area (Å²) in [6.07, 6.45) is 0.284. The van der Waals surface area contributed by atoms with Gasteiger partial charge in [0.1, 0.15) is 5.75 Å². The highest BCUT2D eigenvalue weighted by Crippen LogP contribution is 2.21. The maximum absolute atomic E-state index is 12.0. The monoisotopic (exact) mass is 253 g/mol. The van der Waals surface area contributed by atoms with Crippen LogP contribution in [0.1, 0.15) is 20.3 Å². The molecular weight excluding hydrogens is 238 g/mol. The minimum Gasteiger partial charge on any atom is -0.494 e. The number of rotatable bonds is 5. The van der Waals surface area contributed by atoms with Gasteiger partial charge in [0.25, 0.3) is 0 Å². The molecule has 0 spiro atoms. The average molecular weight is 253 g/mol. The van der Waals surface area contributed by atoms with Crippen LogP contribution in [0.3, 0.4) is 0 Å². The van der Waals surface area contributed by atoms with Crippen molar-refractivity contribution in [2.45, 2.75) is 30.4 Å². The molecule has 0 saturated heterocycles. The van der Waals surface area contributed by atoms with E-state index in [2.05, 4.69) is 0 Å². The third kappa shape index (κ3) is 2.98. The van der Waals surface area contributed by atoms with Crippen LogP contribution in [-0.4, -0.2) is 20.3 Å². The van der Waals surface area contributed by atoms with Gasteiger partial charge in [-0.15, -0.1) is 0 Å². The summed E-state index contributed by atoms with van der Waals surface area (Å²) in [6.45, 7) is 4.06. The molecule has 1 atom stereocenters. The Morgan fingerprint density at radius 3 is 2.29 bits per heavy atom. The summed E-state index contributed by atoms with van der Waals surface area (Å²) in [4.78, 5) is 0.161. The van der Waals surface area contributed by atoms with Crippen molar-refractivity contribution < 1.29 is 13.2 Å². The summed E-state index contributed by atoms with van der Waals surface area (Å²) in [5, 5.41) is 7.82. The second kappa shape index (κ2) is 5.69. The molecule has 0 N–H and O–H groups in total. The Labute approximate surface area is 102 Å². The first-order valence-corrected chi connectivity index (χ1v) is 6.97. The van der Waals surface area contributed by atoms with Crippen molar-refractivity contribution in [1.29, 1.82) is 5.26 Å². The molecule has 0 saturated carbocycles. The summed E-state index contributed by atoms with van der Waals surface area (Å²) in [6, 6.07) is 7.95. The van der Waals surface area contributed by atoms with Crippen LogP contribution >= 0.6 is 0 Å². The SMILES string of the molecule is CCOc1ccc(S(=O)(=O)C(C#N)CC)cc1. The number of hydrogen-bond donors (Lipinski definition) is 0. The Morgan fingerprint density at radius 2 is 1.88 bits per heavy atom. The lowest BCUT2D eigenvalue weighted by Gasteiger charge is -2.09. The quantitative estimate of drug-likeness (QED) is 0.806. The van der Waals surface area contributed by atoms with E-state index in [9.17, 15) is 8.42 Å². The molecular formula is C12H15NO3S. The Morgan fingerprint density at radius 1 is 1.29 bits per heavy atom. The van der Waals surface area contributed by atoms with Gasteiger partial charge in [-0.1, -0.05) is 6.92 Å². The third-order valence-corrected chi connectivity index (χ3v) is 4.47. The molecule has 0 aliphatic rings. The molecule has 0 radical (unpaired) electrons. The molecule has 1 aromatic rings. The van der Waals surface area contributed by atoms with Crippen LogP contribution in [0.2, 0.25) is 0 Å². The lowest BCUT2D eigenvalue weighted by atomic mass is 10.3. The van der Waals surface area contributed by atoms with Crippen molar-refractivity contribution in [1.82, 2.24) is 0 Å². The number of hydrogen-bond acceptors (Lipinski definition) is 4. The second-order valence-corrected chi connectivity index (χ2v) is 5.61. The highest BCUT2D eigenvalue weighted by molar-refractivity contribution is 7.92. The standard InChI is InChI=1S/C12H15NO3S/c1-3-11(9-13)17(14,15)12-7-5-10(6-8-12)16-4-2/h5-8,11H,3-4H2,1-2H3. The van der Waals surface area contributed by atoms with Crippen molar-refractivity contribution in [2.75, 3.05) is 6.61 Å². The van der Waals surface area contributed by atoms with Crippen molar-refractivity contribution in [3.8, 4) is 11.8 Å². The van der Waals surface area contributed by atoms with Crippen LogP contribution in [-0.2, 0) is 9.84 Å². The van der Waals surface area contributed by atoms with Gasteiger partial charge in [0.2, 0.25) is 0 Å². The number of sulfone groups is 1. The van der Waals surface area contributed by atoms with Crippen molar-refractivity contribution in [3.05, 3.63) is 24.3 Å². The molecule has 0 bridgehead atoms. The average Bonchev–Trinajstić information content (AvgIpc) is 2.31. The van der Waals surface area contributed by atoms with E-state index in [1.54, 1.807) is 19.1 Å². The molecule has 0 aliphatic heterocycles. The molecule has 17 heavy (non-hydrogen) atoms. The minimum atomic E-state index is -3.55.